The number of benzene rings is 1. The molecule has 6 heteroatoms. The van der Waals surface area contributed by atoms with Crippen LogP contribution in [0.15, 0.2) is 39.8 Å². The van der Waals surface area contributed by atoms with E-state index in [0.717, 1.165) is 24.3 Å². The lowest BCUT2D eigenvalue weighted by molar-refractivity contribution is 0.325. The molecule has 1 heterocycles. The summed E-state index contributed by atoms with van der Waals surface area (Å²) in [4.78, 5) is 0.161. The fraction of sp³-hybridized carbons (Fsp3) is 0.550. The molecule has 2 aromatic rings. The van der Waals surface area contributed by atoms with Crippen molar-refractivity contribution in [1.82, 2.24) is 5.16 Å². The van der Waals surface area contributed by atoms with Crippen molar-refractivity contribution >= 4 is 10.0 Å². The van der Waals surface area contributed by atoms with Crippen LogP contribution in [0, 0.1) is 11.3 Å². The number of hydrogen-bond acceptors (Lipinski definition) is 4. The Hall–Kier alpha value is -1.66. The summed E-state index contributed by atoms with van der Waals surface area (Å²) in [5.41, 5.74) is 2.33. The fourth-order valence-corrected chi connectivity index (χ4v) is 4.41. The third-order valence-electron chi connectivity index (χ3n) is 5.63. The largest absolute Gasteiger partial charge is 0.361 e. The summed E-state index contributed by atoms with van der Waals surface area (Å²) in [6.07, 6.45) is 1.92. The van der Waals surface area contributed by atoms with Crippen LogP contribution in [0.25, 0.3) is 0 Å². The van der Waals surface area contributed by atoms with Crippen molar-refractivity contribution in [2.45, 2.75) is 63.7 Å². The number of nitrogens with zero attached hydrogens (tertiary/aromatic N) is 1. The molecular formula is C20H28N2O3S. The number of hydrogen-bond donors (Lipinski definition) is 1. The predicted molar refractivity (Wildman–Crippen MR) is 101 cm³/mol. The van der Waals surface area contributed by atoms with Crippen molar-refractivity contribution in [2.75, 3.05) is 0 Å². The first kappa shape index (κ1) is 19.1. The Kier molecular flexibility index (Phi) is 4.56. The molecule has 26 heavy (non-hydrogen) atoms. The van der Waals surface area contributed by atoms with Crippen molar-refractivity contribution in [3.63, 3.8) is 0 Å². The summed E-state index contributed by atoms with van der Waals surface area (Å²) in [6.45, 7) is 10.9. The van der Waals surface area contributed by atoms with E-state index in [1.54, 1.807) is 12.1 Å². The summed E-state index contributed by atoms with van der Waals surface area (Å²) in [5.74, 6) is 1.88. The Labute approximate surface area is 156 Å². The average molecular weight is 377 g/mol. The van der Waals surface area contributed by atoms with E-state index in [4.69, 9.17) is 9.66 Å². The molecule has 0 aliphatic heterocycles. The van der Waals surface area contributed by atoms with Gasteiger partial charge in [-0.15, -0.1) is 0 Å². The van der Waals surface area contributed by atoms with Crippen LogP contribution < -0.4 is 5.14 Å². The molecule has 1 aromatic heterocycles. The molecule has 0 amide bonds. The summed E-state index contributed by atoms with van der Waals surface area (Å²) in [5, 5.41) is 9.39. The molecule has 1 saturated carbocycles. The second kappa shape index (κ2) is 6.20. The highest BCUT2D eigenvalue weighted by Gasteiger charge is 2.57. The van der Waals surface area contributed by atoms with Gasteiger partial charge in [0.05, 0.1) is 10.6 Å². The molecule has 3 rings (SSSR count). The van der Waals surface area contributed by atoms with E-state index in [1.165, 1.54) is 5.56 Å². The molecule has 142 valence electrons. The highest BCUT2D eigenvalue weighted by molar-refractivity contribution is 7.89. The molecule has 2 N–H and O–H groups in total. The number of aryl methyl sites for hydroxylation is 1. The average Bonchev–Trinajstić information content (AvgIpc) is 2.85. The standard InChI is InChI=1S/C20H28N2O3S/c1-19(2,3)17-12-14(22-25-17)8-11-16-18(20(16,4)5)13-6-9-15(10-7-13)26(21,23)24/h6-7,9-10,12,16,18H,8,11H2,1-5H3,(H2,21,23,24). The maximum atomic E-state index is 11.4. The van der Waals surface area contributed by atoms with Crippen LogP contribution in [0.3, 0.4) is 0 Å². The first-order valence-electron chi connectivity index (χ1n) is 8.99. The van der Waals surface area contributed by atoms with Gasteiger partial charge < -0.3 is 4.52 Å². The summed E-state index contributed by atoms with van der Waals surface area (Å²) < 4.78 is 28.3. The molecule has 1 aromatic carbocycles. The Balaban J connectivity index is 1.67. The number of nitrogens with two attached hydrogens (primary N) is 1. The molecule has 2 unspecified atom stereocenters. The zero-order chi connectivity index (χ0) is 19.3. The van der Waals surface area contributed by atoms with Gasteiger partial charge in [-0.05, 0) is 47.8 Å². The minimum Gasteiger partial charge on any atom is -0.361 e. The van der Waals surface area contributed by atoms with E-state index >= 15 is 0 Å². The monoisotopic (exact) mass is 376 g/mol. The number of sulfonamides is 1. The molecule has 2 atom stereocenters. The van der Waals surface area contributed by atoms with Crippen molar-refractivity contribution in [3.8, 4) is 0 Å². The molecule has 1 aliphatic carbocycles. The van der Waals surface area contributed by atoms with E-state index in [1.807, 2.05) is 12.1 Å². The third-order valence-corrected chi connectivity index (χ3v) is 6.56. The highest BCUT2D eigenvalue weighted by Crippen LogP contribution is 2.66. The molecule has 0 bridgehead atoms. The lowest BCUT2D eigenvalue weighted by Gasteiger charge is -2.12. The van der Waals surface area contributed by atoms with E-state index in [2.05, 4.69) is 45.8 Å². The molecular weight excluding hydrogens is 348 g/mol. The zero-order valence-electron chi connectivity index (χ0n) is 16.1. The number of primary sulfonamides is 1. The summed E-state index contributed by atoms with van der Waals surface area (Å²) in [7, 11) is -3.64. The minimum atomic E-state index is -3.64. The van der Waals surface area contributed by atoms with Gasteiger partial charge in [0, 0.05) is 11.5 Å². The van der Waals surface area contributed by atoms with Crippen LogP contribution in [-0.2, 0) is 21.9 Å². The Bertz CT molecular complexity index is 890. The van der Waals surface area contributed by atoms with Gasteiger partial charge in [-0.2, -0.15) is 0 Å². The van der Waals surface area contributed by atoms with Crippen molar-refractivity contribution in [2.24, 2.45) is 16.5 Å². The smallest absolute Gasteiger partial charge is 0.238 e. The van der Waals surface area contributed by atoms with Crippen LogP contribution in [-0.4, -0.2) is 13.6 Å². The van der Waals surface area contributed by atoms with Crippen LogP contribution >= 0.6 is 0 Å². The van der Waals surface area contributed by atoms with Gasteiger partial charge in [0.15, 0.2) is 0 Å². The Morgan fingerprint density at radius 1 is 1.19 bits per heavy atom. The Morgan fingerprint density at radius 2 is 1.81 bits per heavy atom. The van der Waals surface area contributed by atoms with Crippen molar-refractivity contribution in [1.29, 1.82) is 0 Å². The maximum absolute atomic E-state index is 11.4. The van der Waals surface area contributed by atoms with E-state index in [9.17, 15) is 8.42 Å². The van der Waals surface area contributed by atoms with Crippen LogP contribution in [0.2, 0.25) is 0 Å². The van der Waals surface area contributed by atoms with Gasteiger partial charge in [-0.1, -0.05) is 51.9 Å². The van der Waals surface area contributed by atoms with E-state index in [0.29, 0.717) is 11.8 Å². The molecule has 1 aliphatic rings. The van der Waals surface area contributed by atoms with Gasteiger partial charge in [0.25, 0.3) is 0 Å². The molecule has 0 spiro atoms. The van der Waals surface area contributed by atoms with Gasteiger partial charge in [-0.3, -0.25) is 0 Å². The number of rotatable bonds is 5. The fourth-order valence-electron chi connectivity index (χ4n) is 3.90. The summed E-state index contributed by atoms with van der Waals surface area (Å²) >= 11 is 0. The second-order valence-electron chi connectivity index (χ2n) is 8.99. The van der Waals surface area contributed by atoms with Gasteiger partial charge in [-0.25, -0.2) is 13.6 Å². The summed E-state index contributed by atoms with van der Waals surface area (Å²) in [6, 6.07) is 9.04. The molecule has 5 nitrogen and oxygen atoms in total. The van der Waals surface area contributed by atoms with Crippen LogP contribution in [0.5, 0.6) is 0 Å². The molecule has 0 saturated heterocycles. The van der Waals surface area contributed by atoms with Gasteiger partial charge in [0.1, 0.15) is 5.76 Å². The van der Waals surface area contributed by atoms with E-state index < -0.39 is 10.0 Å². The second-order valence-corrected chi connectivity index (χ2v) is 10.6. The van der Waals surface area contributed by atoms with Crippen LogP contribution in [0.1, 0.15) is 64.0 Å². The first-order valence-corrected chi connectivity index (χ1v) is 10.5. The molecule has 1 fully saturated rings. The SMILES string of the molecule is CC(C)(C)c1cc(CCC2C(c3ccc(S(N)(=O)=O)cc3)C2(C)C)no1. The maximum Gasteiger partial charge on any atom is 0.238 e. The van der Waals surface area contributed by atoms with Crippen molar-refractivity contribution in [3.05, 3.63) is 47.3 Å². The highest BCUT2D eigenvalue weighted by atomic mass is 32.2. The molecule has 0 radical (unpaired) electrons. The topological polar surface area (TPSA) is 86.2 Å². The van der Waals surface area contributed by atoms with Crippen LogP contribution in [0.4, 0.5) is 0 Å². The lowest BCUT2D eigenvalue weighted by Crippen LogP contribution is -2.11. The van der Waals surface area contributed by atoms with E-state index in [-0.39, 0.29) is 15.7 Å². The Morgan fingerprint density at radius 3 is 2.31 bits per heavy atom. The zero-order valence-corrected chi connectivity index (χ0v) is 16.9. The van der Waals surface area contributed by atoms with Crippen molar-refractivity contribution < 1.29 is 12.9 Å². The number of aromatic nitrogens is 1. The quantitative estimate of drug-likeness (QED) is 0.855. The minimum absolute atomic E-state index is 0.0300. The third kappa shape index (κ3) is 3.71. The van der Waals surface area contributed by atoms with Gasteiger partial charge in [0.2, 0.25) is 10.0 Å². The lowest BCUT2D eigenvalue weighted by atomic mass is 9.93. The normalized spacial score (nSPS) is 22.4. The predicted octanol–water partition coefficient (Wildman–Crippen LogP) is 3.99. The first-order chi connectivity index (χ1) is 11.9. The van der Waals surface area contributed by atoms with Gasteiger partial charge >= 0.3 is 0 Å².